The Morgan fingerprint density at radius 3 is 2.71 bits per heavy atom. The van der Waals surface area contributed by atoms with E-state index in [0.29, 0.717) is 11.8 Å². The number of nitrogens with two attached hydrogens (primary N) is 1. The maximum Gasteiger partial charge on any atom is 0.200 e. The number of nitrogens with zero attached hydrogens (tertiary/aromatic N) is 2. The fourth-order valence-electron chi connectivity index (χ4n) is 1.95. The van der Waals surface area contributed by atoms with E-state index < -0.39 is 0 Å². The maximum atomic E-state index is 6.14. The number of halogens is 2. The van der Waals surface area contributed by atoms with Crippen LogP contribution in [-0.4, -0.2) is 18.9 Å². The van der Waals surface area contributed by atoms with E-state index in [1.54, 1.807) is 0 Å². The lowest BCUT2D eigenvalue weighted by molar-refractivity contribution is 1.13. The molecular weight excluding hydrogens is 397 g/mol. The summed E-state index contributed by atoms with van der Waals surface area (Å²) in [5, 5.41) is 0. The molecule has 0 aliphatic rings. The molecule has 0 aromatic heterocycles. The first-order valence-electron chi connectivity index (χ1n) is 6.59. The van der Waals surface area contributed by atoms with Crippen LogP contribution in [0.25, 0.3) is 0 Å². The van der Waals surface area contributed by atoms with Crippen LogP contribution in [0.5, 0.6) is 0 Å². The van der Waals surface area contributed by atoms with Gasteiger partial charge in [0.05, 0.1) is 5.69 Å². The molecule has 0 saturated heterocycles. The third kappa shape index (κ3) is 4.35. The van der Waals surface area contributed by atoms with Gasteiger partial charge >= 0.3 is 0 Å². The van der Waals surface area contributed by atoms with Crippen molar-refractivity contribution in [2.75, 3.05) is 17.8 Å². The van der Waals surface area contributed by atoms with Gasteiger partial charge in [-0.3, -0.25) is 0 Å². The molecule has 2 aromatic rings. The molecule has 2 aromatic carbocycles. The summed E-state index contributed by atoms with van der Waals surface area (Å²) in [7, 11) is 1.91. The van der Waals surface area contributed by atoms with Gasteiger partial charge in [0.1, 0.15) is 0 Å². The molecule has 0 fully saturated rings. The molecule has 0 aliphatic carbocycles. The number of aliphatic imine (C=N–C) groups is 1. The van der Waals surface area contributed by atoms with E-state index in [9.17, 15) is 0 Å². The Morgan fingerprint density at radius 1 is 1.24 bits per heavy atom. The molecule has 21 heavy (non-hydrogen) atoms. The number of aryl methyl sites for hydroxylation is 1. The summed E-state index contributed by atoms with van der Waals surface area (Å²) >= 11 is 8.11. The first-order valence-corrected chi connectivity index (χ1v) is 8.20. The number of para-hydroxylation sites is 1. The molecule has 3 nitrogen and oxygen atoms in total. The van der Waals surface area contributed by atoms with Gasteiger partial charge in [0.2, 0.25) is 5.96 Å². The molecule has 0 unspecified atom stereocenters. The summed E-state index contributed by atoms with van der Waals surface area (Å²) in [6, 6.07) is 16.0. The van der Waals surface area contributed by atoms with Crippen molar-refractivity contribution in [3.63, 3.8) is 0 Å². The molecule has 0 amide bonds. The summed E-state index contributed by atoms with van der Waals surface area (Å²) < 4.78 is 1.16. The minimum Gasteiger partial charge on any atom is -0.369 e. The Morgan fingerprint density at radius 2 is 2.00 bits per heavy atom. The van der Waals surface area contributed by atoms with E-state index >= 15 is 0 Å². The molecule has 0 spiro atoms. The third-order valence-electron chi connectivity index (χ3n) is 3.13. The summed E-state index contributed by atoms with van der Waals surface area (Å²) in [6.45, 7) is 0. The summed E-state index contributed by atoms with van der Waals surface area (Å²) in [4.78, 5) is 6.42. The summed E-state index contributed by atoms with van der Waals surface area (Å²) in [5.41, 5.74) is 9.12. The predicted molar refractivity (Wildman–Crippen MR) is 99.7 cm³/mol. The predicted octanol–water partition coefficient (Wildman–Crippen LogP) is 4.16. The molecule has 2 N–H and O–H groups in total. The highest BCUT2D eigenvalue weighted by Crippen LogP contribution is 2.21. The quantitative estimate of drug-likeness (QED) is 0.354. The van der Waals surface area contributed by atoms with E-state index in [-0.39, 0.29) is 0 Å². The zero-order valence-corrected chi connectivity index (χ0v) is 14.7. The van der Waals surface area contributed by atoms with Gasteiger partial charge < -0.3 is 10.6 Å². The Hall–Kier alpha value is -1.27. The molecule has 0 saturated carbocycles. The second-order valence-corrected chi connectivity index (χ2v) is 6.20. The van der Waals surface area contributed by atoms with Crippen molar-refractivity contribution in [3.8, 4) is 0 Å². The monoisotopic (exact) mass is 413 g/mol. The van der Waals surface area contributed by atoms with Crippen LogP contribution in [0.3, 0.4) is 0 Å². The first kappa shape index (κ1) is 16.1. The molecule has 0 bridgehead atoms. The van der Waals surface area contributed by atoms with Crippen LogP contribution in [-0.2, 0) is 6.42 Å². The maximum absolute atomic E-state index is 6.14. The highest BCUT2D eigenvalue weighted by atomic mass is 127. The fourth-order valence-corrected chi connectivity index (χ4v) is 2.68. The lowest BCUT2D eigenvalue weighted by Gasteiger charge is -2.18. The summed E-state index contributed by atoms with van der Waals surface area (Å²) in [6.07, 6.45) is 0.779. The van der Waals surface area contributed by atoms with Gasteiger partial charge in [-0.15, -0.1) is 11.6 Å². The Labute approximate surface area is 144 Å². The smallest absolute Gasteiger partial charge is 0.200 e. The number of anilines is 1. The van der Waals surface area contributed by atoms with Crippen molar-refractivity contribution in [1.29, 1.82) is 0 Å². The van der Waals surface area contributed by atoms with Crippen LogP contribution in [0.4, 0.5) is 11.4 Å². The number of benzene rings is 2. The highest BCUT2D eigenvalue weighted by molar-refractivity contribution is 14.1. The lowest BCUT2D eigenvalue weighted by atomic mass is 10.1. The SMILES string of the molecule is CN(C(N)=Nc1ccccc1CCCl)c1cccc(I)c1. The third-order valence-corrected chi connectivity index (χ3v) is 3.99. The minimum absolute atomic E-state index is 0.457. The Balaban J connectivity index is 2.28. The van der Waals surface area contributed by atoms with E-state index in [1.165, 1.54) is 0 Å². The average molecular weight is 414 g/mol. The molecule has 2 rings (SSSR count). The van der Waals surface area contributed by atoms with Gasteiger partial charge in [0.25, 0.3) is 0 Å². The standard InChI is InChI=1S/C16H17ClIN3/c1-21(14-7-4-6-13(18)11-14)16(19)20-15-8-3-2-5-12(15)9-10-17/h2-8,11H,9-10H2,1H3,(H2,19,20). The largest absolute Gasteiger partial charge is 0.369 e. The number of hydrogen-bond acceptors (Lipinski definition) is 1. The second-order valence-electron chi connectivity index (χ2n) is 4.58. The van der Waals surface area contributed by atoms with Gasteiger partial charge in [-0.1, -0.05) is 24.3 Å². The van der Waals surface area contributed by atoms with E-state index in [1.807, 2.05) is 54.4 Å². The van der Waals surface area contributed by atoms with Crippen molar-refractivity contribution in [1.82, 2.24) is 0 Å². The van der Waals surface area contributed by atoms with E-state index in [4.69, 9.17) is 17.3 Å². The van der Waals surface area contributed by atoms with Crippen LogP contribution in [0, 0.1) is 3.57 Å². The van der Waals surface area contributed by atoms with E-state index in [2.05, 4.69) is 33.6 Å². The van der Waals surface area contributed by atoms with Crippen molar-refractivity contribution >= 4 is 51.5 Å². The molecular formula is C16H17ClIN3. The van der Waals surface area contributed by atoms with E-state index in [0.717, 1.165) is 26.9 Å². The second kappa shape index (κ2) is 7.66. The van der Waals surface area contributed by atoms with Crippen molar-refractivity contribution in [2.24, 2.45) is 10.7 Å². The van der Waals surface area contributed by atoms with Gasteiger partial charge in [-0.2, -0.15) is 0 Å². The molecule has 0 atom stereocenters. The molecule has 5 heteroatoms. The van der Waals surface area contributed by atoms with Gasteiger partial charge in [-0.25, -0.2) is 4.99 Å². The van der Waals surface area contributed by atoms with Crippen molar-refractivity contribution in [2.45, 2.75) is 6.42 Å². The number of guanidine groups is 1. The highest BCUT2D eigenvalue weighted by Gasteiger charge is 2.07. The molecule has 110 valence electrons. The number of hydrogen-bond donors (Lipinski definition) is 1. The fraction of sp³-hybridized carbons (Fsp3) is 0.188. The van der Waals surface area contributed by atoms with Crippen molar-refractivity contribution < 1.29 is 0 Å². The molecule has 0 aliphatic heterocycles. The number of alkyl halides is 1. The van der Waals surface area contributed by atoms with Gasteiger partial charge in [-0.05, 0) is 58.8 Å². The van der Waals surface area contributed by atoms with Crippen LogP contribution in [0.2, 0.25) is 0 Å². The lowest BCUT2D eigenvalue weighted by Crippen LogP contribution is -2.33. The normalized spacial score (nSPS) is 11.5. The Kier molecular flexibility index (Phi) is 5.87. The van der Waals surface area contributed by atoms with Crippen molar-refractivity contribution in [3.05, 3.63) is 57.7 Å². The summed E-state index contributed by atoms with van der Waals surface area (Å²) in [5.74, 6) is 1.03. The van der Waals surface area contributed by atoms with Crippen LogP contribution in [0.1, 0.15) is 5.56 Å². The topological polar surface area (TPSA) is 41.6 Å². The molecule has 0 heterocycles. The average Bonchev–Trinajstić information content (AvgIpc) is 2.48. The first-order chi connectivity index (χ1) is 10.1. The zero-order valence-electron chi connectivity index (χ0n) is 11.8. The van der Waals surface area contributed by atoms with Crippen LogP contribution < -0.4 is 10.6 Å². The molecule has 0 radical (unpaired) electrons. The number of rotatable bonds is 4. The minimum atomic E-state index is 0.457. The van der Waals surface area contributed by atoms with Crippen LogP contribution >= 0.6 is 34.2 Å². The Bertz CT molecular complexity index is 643. The van der Waals surface area contributed by atoms with Gasteiger partial charge in [0.15, 0.2) is 0 Å². The van der Waals surface area contributed by atoms with Crippen LogP contribution in [0.15, 0.2) is 53.5 Å². The van der Waals surface area contributed by atoms with Gasteiger partial charge in [0, 0.05) is 22.2 Å². The zero-order chi connectivity index (χ0) is 15.2.